The fourth-order valence-electron chi connectivity index (χ4n) is 8.83. The number of carbonyl (C=O) groups excluding carboxylic acids is 1. The van der Waals surface area contributed by atoms with Gasteiger partial charge in [-0.2, -0.15) is 0 Å². The van der Waals surface area contributed by atoms with Gasteiger partial charge >= 0.3 is 8.25 Å². The lowest BCUT2D eigenvalue weighted by Gasteiger charge is -2.45. The van der Waals surface area contributed by atoms with Crippen molar-refractivity contribution < 1.29 is 37.5 Å². The molecule has 354 valence electrons. The lowest BCUT2D eigenvalue weighted by molar-refractivity contribution is -0.226. The van der Waals surface area contributed by atoms with Crippen molar-refractivity contribution in [1.82, 2.24) is 24.4 Å². The van der Waals surface area contributed by atoms with Crippen LogP contribution in [0, 0.1) is 0 Å². The van der Waals surface area contributed by atoms with Crippen molar-refractivity contribution in [3.63, 3.8) is 0 Å². The number of aromatic nitrogens is 4. The Morgan fingerprint density at radius 1 is 0.864 bits per heavy atom. The summed E-state index contributed by atoms with van der Waals surface area (Å²) in [4.78, 5) is 43.7. The van der Waals surface area contributed by atoms with Gasteiger partial charge in [0.2, 0.25) is 5.79 Å². The zero-order chi connectivity index (χ0) is 47.3. The molecule has 3 aliphatic rings. The zero-order valence-electron chi connectivity index (χ0n) is 39.4. The normalized spacial score (nSPS) is 22.1. The van der Waals surface area contributed by atoms with E-state index in [1.165, 1.54) is 68.3 Å². The van der Waals surface area contributed by atoms with Crippen LogP contribution in [0.3, 0.4) is 0 Å². The Labute approximate surface area is 391 Å². The van der Waals surface area contributed by atoms with E-state index < -0.39 is 55.0 Å². The number of fused-ring (bicyclic) bond motifs is 2. The summed E-state index contributed by atoms with van der Waals surface area (Å²) in [6.07, 6.45) is 5.44. The SMILES string of the molecule is C1CCC2=NCCCN2CC1.CC(C)(C)[Si](C)(C)O[C@@H]1[C@@H](CO[Si](c2ccccc2)(c2ccccc2)C(C)(C)C)O[C@@H](n2cnc3c(NC(=O)c4ccccc4)ncnc32)[C@@]1(O)O[PH](=O)O. The predicted molar refractivity (Wildman–Crippen MR) is 263 cm³/mol. The van der Waals surface area contributed by atoms with E-state index in [0.29, 0.717) is 5.56 Å². The maximum Gasteiger partial charge on any atom is 0.319 e. The van der Waals surface area contributed by atoms with Gasteiger partial charge in [0.15, 0.2) is 31.5 Å². The van der Waals surface area contributed by atoms with E-state index in [9.17, 15) is 19.4 Å². The Kier molecular flexibility index (Phi) is 15.3. The molecule has 18 heteroatoms. The van der Waals surface area contributed by atoms with Crippen LogP contribution in [0.2, 0.25) is 23.2 Å². The first kappa shape index (κ1) is 49.5. The Hall–Kier alpha value is -4.43. The summed E-state index contributed by atoms with van der Waals surface area (Å²) in [6, 6.07) is 28.9. The molecular formula is C48H66N7O8PSi2. The Morgan fingerprint density at radius 3 is 2.09 bits per heavy atom. The summed E-state index contributed by atoms with van der Waals surface area (Å²) in [7, 11) is -9.69. The number of amides is 1. The predicted octanol–water partition coefficient (Wildman–Crippen LogP) is 7.69. The molecule has 0 aliphatic carbocycles. The summed E-state index contributed by atoms with van der Waals surface area (Å²) < 4.78 is 40.7. The van der Waals surface area contributed by atoms with Crippen molar-refractivity contribution in [3.05, 3.63) is 109 Å². The van der Waals surface area contributed by atoms with Gasteiger partial charge in [-0.05, 0) is 64.9 Å². The summed E-state index contributed by atoms with van der Waals surface area (Å²) in [5, 5.41) is 16.9. The molecule has 3 aliphatic heterocycles. The van der Waals surface area contributed by atoms with Gasteiger partial charge in [0.05, 0.1) is 18.8 Å². The topological polar surface area (TPSA) is 183 Å². The third kappa shape index (κ3) is 10.5. The number of hydrogen-bond acceptors (Lipinski definition) is 12. The van der Waals surface area contributed by atoms with Crippen LogP contribution in [0.15, 0.2) is 109 Å². The van der Waals surface area contributed by atoms with E-state index in [4.69, 9.17) is 18.1 Å². The first-order valence-electron chi connectivity index (χ1n) is 22.9. The van der Waals surface area contributed by atoms with Gasteiger partial charge in [0, 0.05) is 31.6 Å². The van der Waals surface area contributed by atoms with Crippen LogP contribution < -0.4 is 15.7 Å². The van der Waals surface area contributed by atoms with Crippen LogP contribution in [0.25, 0.3) is 11.2 Å². The van der Waals surface area contributed by atoms with E-state index in [0.717, 1.165) is 16.9 Å². The second kappa shape index (κ2) is 20.4. The smallest absolute Gasteiger partial charge is 0.319 e. The molecule has 5 heterocycles. The highest BCUT2D eigenvalue weighted by atomic mass is 31.1. The van der Waals surface area contributed by atoms with Crippen molar-refractivity contribution >= 4 is 64.0 Å². The number of aliphatic hydroxyl groups is 1. The molecule has 0 bridgehead atoms. The molecule has 2 fully saturated rings. The number of aliphatic imine (C=N–C) groups is 1. The number of ether oxygens (including phenoxy) is 1. The molecule has 1 unspecified atom stereocenters. The molecular weight excluding hydrogens is 890 g/mol. The third-order valence-electron chi connectivity index (χ3n) is 13.2. The van der Waals surface area contributed by atoms with Crippen LogP contribution >= 0.6 is 8.25 Å². The Bertz CT molecular complexity index is 2430. The highest BCUT2D eigenvalue weighted by Crippen LogP contribution is 2.50. The number of anilines is 1. The molecule has 15 nitrogen and oxygen atoms in total. The molecule has 0 radical (unpaired) electrons. The molecule has 5 aromatic rings. The molecule has 0 saturated carbocycles. The summed E-state index contributed by atoms with van der Waals surface area (Å²) in [5.41, 5.74) is 0.781. The maximum atomic E-state index is 13.1. The first-order chi connectivity index (χ1) is 31.4. The average Bonchev–Trinajstić information content (AvgIpc) is 3.71. The lowest BCUT2D eigenvalue weighted by atomic mass is 10.1. The minimum absolute atomic E-state index is 0.0684. The van der Waals surface area contributed by atoms with Gasteiger partial charge in [-0.1, -0.05) is 127 Å². The Balaban J connectivity index is 0.000000511. The van der Waals surface area contributed by atoms with E-state index >= 15 is 0 Å². The van der Waals surface area contributed by atoms with Crippen LogP contribution in [-0.2, 0) is 22.7 Å². The quantitative estimate of drug-likeness (QED) is 0.0631. The summed E-state index contributed by atoms with van der Waals surface area (Å²) in [6.45, 7) is 20.2. The van der Waals surface area contributed by atoms with Gasteiger partial charge in [-0.25, -0.2) is 15.0 Å². The molecule has 2 saturated heterocycles. The number of amidine groups is 1. The minimum atomic E-state index is -3.80. The van der Waals surface area contributed by atoms with Crippen LogP contribution in [0.1, 0.15) is 90.2 Å². The fraction of sp³-hybridized carbons (Fsp3) is 0.479. The molecule has 0 spiro atoms. The van der Waals surface area contributed by atoms with Crippen LogP contribution in [0.4, 0.5) is 5.82 Å². The van der Waals surface area contributed by atoms with Gasteiger partial charge in [-0.3, -0.25) is 23.4 Å². The zero-order valence-corrected chi connectivity index (χ0v) is 42.4. The van der Waals surface area contributed by atoms with Crippen molar-refractivity contribution in [2.45, 2.75) is 121 Å². The number of hydrogen-bond donors (Lipinski definition) is 3. The fourth-order valence-corrected chi connectivity index (χ4v) is 15.2. The van der Waals surface area contributed by atoms with E-state index in [1.54, 1.807) is 24.3 Å². The van der Waals surface area contributed by atoms with Gasteiger partial charge < -0.3 is 33.8 Å². The van der Waals surface area contributed by atoms with Crippen molar-refractivity contribution in [2.75, 3.05) is 31.6 Å². The molecule has 5 atom stereocenters. The van der Waals surface area contributed by atoms with Crippen LogP contribution in [0.5, 0.6) is 0 Å². The number of nitrogens with one attached hydrogen (secondary N) is 1. The first-order valence-corrected chi connectivity index (χ1v) is 29.0. The molecule has 8 rings (SSSR count). The van der Waals surface area contributed by atoms with E-state index in [1.807, 2.05) is 55.6 Å². The van der Waals surface area contributed by atoms with Gasteiger partial charge in [-0.15, -0.1) is 0 Å². The largest absolute Gasteiger partial charge is 0.406 e. The number of benzene rings is 3. The maximum absolute atomic E-state index is 13.1. The molecule has 66 heavy (non-hydrogen) atoms. The van der Waals surface area contributed by atoms with Crippen molar-refractivity contribution in [3.8, 4) is 0 Å². The van der Waals surface area contributed by atoms with Crippen LogP contribution in [-0.4, -0.2) is 107 Å². The second-order valence-electron chi connectivity index (χ2n) is 19.7. The number of nitrogens with zero attached hydrogens (tertiary/aromatic N) is 6. The Morgan fingerprint density at radius 2 is 1.48 bits per heavy atom. The number of carbonyl (C=O) groups is 1. The van der Waals surface area contributed by atoms with E-state index in [-0.39, 0.29) is 33.7 Å². The van der Waals surface area contributed by atoms with Gasteiger partial charge in [0.1, 0.15) is 18.5 Å². The average molecular weight is 956 g/mol. The highest BCUT2D eigenvalue weighted by Gasteiger charge is 2.63. The second-order valence-corrected chi connectivity index (χ2v) is 29.5. The summed E-state index contributed by atoms with van der Waals surface area (Å²) in [5.74, 6) is -1.41. The van der Waals surface area contributed by atoms with Crippen molar-refractivity contribution in [1.29, 1.82) is 0 Å². The minimum Gasteiger partial charge on any atom is -0.406 e. The standard InChI is InChI=1S/C39H50N5O8PSi2.C9H16N2/c1-37(2,3)54(7,8)51-32-30(24-49-55(38(4,5)6,28-20-14-10-15-21-28)29-22-16-11-17-23-29)50-36(39(32,46)52-53(47)48)44-26-42-31-33(40-25-41-34(31)44)43-35(45)27-18-12-9-13-19-27;1-2-5-9-10-6-4-8-11(9)7-3-1/h9-23,25-26,30,32,36,46,53H,24H2,1-8H3,(H,47,48)(H,40,41,43,45);1-8H2/t30-,32-,36-,39+;/m1./s1. The van der Waals surface area contributed by atoms with Crippen molar-refractivity contribution in [2.24, 2.45) is 4.99 Å². The molecule has 2 aromatic heterocycles. The summed E-state index contributed by atoms with van der Waals surface area (Å²) >= 11 is 0. The molecule has 1 amide bonds. The monoisotopic (exact) mass is 955 g/mol. The molecule has 3 N–H and O–H groups in total. The number of rotatable bonds is 12. The van der Waals surface area contributed by atoms with Gasteiger partial charge in [0.25, 0.3) is 14.2 Å². The highest BCUT2D eigenvalue weighted by molar-refractivity contribution is 7.32. The van der Waals surface area contributed by atoms with E-state index in [2.05, 4.69) is 96.0 Å². The third-order valence-corrected chi connectivity index (χ3v) is 23.2. The molecule has 3 aromatic carbocycles. The lowest BCUT2D eigenvalue weighted by Crippen LogP contribution is -2.67. The number of imidazole rings is 1.